The fraction of sp³-hybridized carbons (Fsp3) is 0.348. The smallest absolute Gasteiger partial charge is 0.250 e. The van der Waals surface area contributed by atoms with Crippen LogP contribution >= 0.6 is 11.6 Å². The quantitative estimate of drug-likeness (QED) is 0.717. The first kappa shape index (κ1) is 20.2. The van der Waals surface area contributed by atoms with E-state index >= 15 is 0 Å². The summed E-state index contributed by atoms with van der Waals surface area (Å²) >= 11 is 6.32. The normalized spacial score (nSPS) is 29.1. The molecule has 4 atom stereocenters. The van der Waals surface area contributed by atoms with Crippen molar-refractivity contribution in [1.29, 1.82) is 0 Å². The number of imide groups is 1. The zero-order valence-electron chi connectivity index (χ0n) is 17.0. The van der Waals surface area contributed by atoms with Crippen molar-refractivity contribution in [2.75, 3.05) is 5.32 Å². The molecule has 8 heteroatoms. The number of para-hydroxylation sites is 1. The second-order valence-corrected chi connectivity index (χ2v) is 9.14. The number of nitrogens with zero attached hydrogens (tertiary/aromatic N) is 1. The first-order chi connectivity index (χ1) is 14.8. The molecule has 0 radical (unpaired) electrons. The maximum Gasteiger partial charge on any atom is 0.250 e. The van der Waals surface area contributed by atoms with Gasteiger partial charge in [-0.1, -0.05) is 49.7 Å². The molecule has 3 heterocycles. The van der Waals surface area contributed by atoms with Crippen LogP contribution in [0.2, 0.25) is 5.02 Å². The third-order valence-corrected chi connectivity index (χ3v) is 7.01. The predicted octanol–water partition coefficient (Wildman–Crippen LogP) is 3.06. The first-order valence-electron chi connectivity index (χ1n) is 10.2. The lowest BCUT2D eigenvalue weighted by Crippen LogP contribution is -2.53. The second-order valence-electron chi connectivity index (χ2n) is 8.73. The number of hydrogen-bond acceptors (Lipinski definition) is 4. The number of halogens is 2. The molecule has 2 fully saturated rings. The van der Waals surface area contributed by atoms with E-state index in [0.717, 1.165) is 0 Å². The van der Waals surface area contributed by atoms with Crippen molar-refractivity contribution in [2.24, 2.45) is 17.8 Å². The van der Waals surface area contributed by atoms with Gasteiger partial charge in [0, 0.05) is 11.6 Å². The van der Waals surface area contributed by atoms with E-state index in [2.05, 4.69) is 10.6 Å². The molecule has 3 amide bonds. The average molecular weight is 442 g/mol. The molecule has 2 N–H and O–H groups in total. The molecule has 31 heavy (non-hydrogen) atoms. The van der Waals surface area contributed by atoms with E-state index in [-0.39, 0.29) is 36.1 Å². The average Bonchev–Trinajstić information content (AvgIpc) is 3.32. The zero-order chi connectivity index (χ0) is 22.1. The van der Waals surface area contributed by atoms with Crippen LogP contribution in [0.1, 0.15) is 25.0 Å². The molecule has 6 nitrogen and oxygen atoms in total. The first-order valence-corrected chi connectivity index (χ1v) is 10.6. The molecule has 3 aliphatic rings. The molecule has 0 saturated carbocycles. The number of carbonyl (C=O) groups excluding carboxylic acids is 3. The van der Waals surface area contributed by atoms with Gasteiger partial charge in [0.05, 0.1) is 29.1 Å². The predicted molar refractivity (Wildman–Crippen MR) is 112 cm³/mol. The van der Waals surface area contributed by atoms with Crippen molar-refractivity contribution in [3.8, 4) is 0 Å². The third kappa shape index (κ3) is 2.69. The van der Waals surface area contributed by atoms with Gasteiger partial charge < -0.3 is 5.32 Å². The summed E-state index contributed by atoms with van der Waals surface area (Å²) in [5.41, 5.74) is 0.352. The van der Waals surface area contributed by atoms with Gasteiger partial charge in [-0.3, -0.25) is 24.6 Å². The molecule has 2 aromatic rings. The molecule has 3 aliphatic heterocycles. The summed E-state index contributed by atoms with van der Waals surface area (Å²) < 4.78 is 13.3. The number of carbonyl (C=O) groups is 3. The fourth-order valence-corrected chi connectivity index (χ4v) is 5.51. The molecule has 0 aromatic heterocycles. The van der Waals surface area contributed by atoms with Crippen molar-refractivity contribution >= 4 is 35.0 Å². The number of rotatable bonds is 3. The lowest BCUT2D eigenvalue weighted by molar-refractivity contribution is -0.143. The lowest BCUT2D eigenvalue weighted by atomic mass is 9.76. The van der Waals surface area contributed by atoms with Gasteiger partial charge in [-0.05, 0) is 29.7 Å². The third-order valence-electron chi connectivity index (χ3n) is 6.70. The van der Waals surface area contributed by atoms with Crippen molar-refractivity contribution < 1.29 is 18.8 Å². The standard InChI is InChI=1S/C23H21ClFN3O3/c1-11(2)18-16-17(21(30)28(20(16)29)10-12-6-8-13(25)9-7-12)23(27-18)14-4-3-5-15(24)19(14)26-22(23)31/h3-9,11,16-18,27H,10H2,1-2H3,(H,26,31)/t16-,17-,18?,23?/m1/s1. The van der Waals surface area contributed by atoms with Crippen molar-refractivity contribution in [1.82, 2.24) is 10.2 Å². The number of nitrogens with one attached hydrogen (secondary N) is 2. The number of amides is 3. The number of fused-ring (bicyclic) bond motifs is 4. The Balaban J connectivity index is 1.61. The molecule has 0 aliphatic carbocycles. The highest BCUT2D eigenvalue weighted by Gasteiger charge is 2.70. The van der Waals surface area contributed by atoms with Crippen LogP contribution in [0.25, 0.3) is 0 Å². The Morgan fingerprint density at radius 3 is 2.48 bits per heavy atom. The molecule has 160 valence electrons. The summed E-state index contributed by atoms with van der Waals surface area (Å²) in [5, 5.41) is 6.57. The number of hydrogen-bond donors (Lipinski definition) is 2. The van der Waals surface area contributed by atoms with Gasteiger partial charge >= 0.3 is 0 Å². The minimum absolute atomic E-state index is 0.00503. The Bertz CT molecular complexity index is 1120. The van der Waals surface area contributed by atoms with Gasteiger partial charge in [-0.25, -0.2) is 4.39 Å². The Kier molecular flexibility index (Phi) is 4.46. The molecular formula is C23H21ClFN3O3. The van der Waals surface area contributed by atoms with Crippen LogP contribution in [0.4, 0.5) is 10.1 Å². The van der Waals surface area contributed by atoms with E-state index in [1.54, 1.807) is 30.3 Å². The number of anilines is 1. The van der Waals surface area contributed by atoms with Crippen LogP contribution in [0.5, 0.6) is 0 Å². The van der Waals surface area contributed by atoms with Crippen molar-refractivity contribution in [2.45, 2.75) is 32.0 Å². The Labute approximate surface area is 183 Å². The highest BCUT2D eigenvalue weighted by atomic mass is 35.5. The summed E-state index contributed by atoms with van der Waals surface area (Å²) in [6.07, 6.45) is 0. The summed E-state index contributed by atoms with van der Waals surface area (Å²) in [7, 11) is 0. The second kappa shape index (κ2) is 6.87. The summed E-state index contributed by atoms with van der Waals surface area (Å²) in [6.45, 7) is 3.95. The molecular weight excluding hydrogens is 421 g/mol. The van der Waals surface area contributed by atoms with Crippen LogP contribution in [-0.2, 0) is 26.5 Å². The van der Waals surface area contributed by atoms with E-state index in [9.17, 15) is 18.8 Å². The highest BCUT2D eigenvalue weighted by molar-refractivity contribution is 6.35. The van der Waals surface area contributed by atoms with E-state index in [1.165, 1.54) is 17.0 Å². The van der Waals surface area contributed by atoms with Gasteiger partial charge in [0.2, 0.25) is 17.7 Å². The maximum absolute atomic E-state index is 13.6. The minimum atomic E-state index is -1.36. The van der Waals surface area contributed by atoms with Crippen LogP contribution in [0, 0.1) is 23.6 Å². The van der Waals surface area contributed by atoms with Gasteiger partial charge in [0.25, 0.3) is 0 Å². The molecule has 1 spiro atoms. The Hall–Kier alpha value is -2.77. The molecule has 2 aromatic carbocycles. The topological polar surface area (TPSA) is 78.5 Å². The largest absolute Gasteiger partial charge is 0.323 e. The number of likely N-dealkylation sites (tertiary alicyclic amines) is 1. The molecule has 5 rings (SSSR count). The lowest BCUT2D eigenvalue weighted by Gasteiger charge is -2.30. The summed E-state index contributed by atoms with van der Waals surface area (Å²) in [5.74, 6) is -3.04. The summed E-state index contributed by atoms with van der Waals surface area (Å²) in [6, 6.07) is 10.5. The van der Waals surface area contributed by atoms with Crippen LogP contribution in [0.3, 0.4) is 0 Å². The Morgan fingerprint density at radius 2 is 1.81 bits per heavy atom. The molecule has 2 unspecified atom stereocenters. The van der Waals surface area contributed by atoms with E-state index < -0.39 is 23.3 Å². The molecule has 0 bridgehead atoms. The monoisotopic (exact) mass is 441 g/mol. The summed E-state index contributed by atoms with van der Waals surface area (Å²) in [4.78, 5) is 41.6. The van der Waals surface area contributed by atoms with Gasteiger partial charge in [0.1, 0.15) is 11.4 Å². The number of benzene rings is 2. The van der Waals surface area contributed by atoms with Crippen LogP contribution in [0.15, 0.2) is 42.5 Å². The van der Waals surface area contributed by atoms with Crippen molar-refractivity contribution in [3.05, 3.63) is 64.4 Å². The minimum Gasteiger partial charge on any atom is -0.323 e. The SMILES string of the molecule is CC(C)C1NC2(C(=O)Nc3c(Cl)cccc32)[C@H]2C(=O)N(Cc3ccc(F)cc3)C(=O)[C@@H]12. The van der Waals surface area contributed by atoms with E-state index in [4.69, 9.17) is 11.6 Å². The van der Waals surface area contributed by atoms with Crippen LogP contribution < -0.4 is 10.6 Å². The van der Waals surface area contributed by atoms with E-state index in [1.807, 2.05) is 13.8 Å². The van der Waals surface area contributed by atoms with Gasteiger partial charge in [0.15, 0.2) is 0 Å². The zero-order valence-corrected chi connectivity index (χ0v) is 17.7. The fourth-order valence-electron chi connectivity index (χ4n) is 5.29. The maximum atomic E-state index is 13.6. The molecule has 2 saturated heterocycles. The highest BCUT2D eigenvalue weighted by Crippen LogP contribution is 2.55. The van der Waals surface area contributed by atoms with Crippen LogP contribution in [-0.4, -0.2) is 28.7 Å². The Morgan fingerprint density at radius 1 is 1.10 bits per heavy atom. The van der Waals surface area contributed by atoms with E-state index in [0.29, 0.717) is 21.8 Å². The van der Waals surface area contributed by atoms with Gasteiger partial charge in [-0.15, -0.1) is 0 Å². The van der Waals surface area contributed by atoms with Crippen molar-refractivity contribution in [3.63, 3.8) is 0 Å². The van der Waals surface area contributed by atoms with Gasteiger partial charge in [-0.2, -0.15) is 0 Å².